The van der Waals surface area contributed by atoms with Crippen molar-refractivity contribution < 1.29 is 90.2 Å². The van der Waals surface area contributed by atoms with Crippen LogP contribution in [0.5, 0.6) is 23.0 Å². The molecule has 3 fully saturated rings. The molecular weight excluding hydrogens is 1320 g/mol. The van der Waals surface area contributed by atoms with E-state index in [2.05, 4.69) is 74.9 Å². The number of nitrogens with zero attached hydrogens (tertiary/aromatic N) is 4. The lowest BCUT2D eigenvalue weighted by Crippen LogP contribution is -2.54. The van der Waals surface area contributed by atoms with Crippen molar-refractivity contribution in [3.8, 4) is 23.0 Å². The van der Waals surface area contributed by atoms with Crippen LogP contribution < -0.4 is 45.1 Å². The average Bonchev–Trinajstić information content (AvgIpc) is 1.61. The summed E-state index contributed by atoms with van der Waals surface area (Å²) in [6, 6.07) is 12.2. The van der Waals surface area contributed by atoms with E-state index in [-0.39, 0.29) is 120 Å². The van der Waals surface area contributed by atoms with Gasteiger partial charge in [-0.2, -0.15) is 0 Å². The number of ether oxygens (including phenoxy) is 10. The number of aromatic nitrogens is 1. The Morgan fingerprint density at radius 3 is 2.02 bits per heavy atom. The minimum atomic E-state index is -2.28. The standard InChI is InChI=1S/C73H96N8O19Si/c1-18-26-94-70(88)78-62(42(2)3)64(83)74-45(6)63(82)76-48-24-22-46(23-25-48)38-97-69(87)77-54-34-59(57(90-13)32-52(54)65(84)79-36-43(4)28-51(79)41-98-101(16,17)73(10,11)12)95-39-49-30-47(68(86)92-15)31-50(75-49)40-96-60-35-55-53(33-58(60)91-14)66(85)80-37-44(5)29-56(80)67(99-61-21-19-20-27-93-61)81(55)71(89)100-72(7,8)9/h18,22-25,30-35,42,45,51,56,61-62,67H,1,4-5,19-21,26-29,36-41H2,2-3,6-17H3,(H,74,83)(H,76,82)(H,77,87)(H,78,88)/t45-,51-,56-,61?,62-,67-/m0/s1. The first-order chi connectivity index (χ1) is 47.7. The van der Waals surface area contributed by atoms with Crippen LogP contribution in [0.4, 0.5) is 31.4 Å². The van der Waals surface area contributed by atoms with Crippen LogP contribution in [0.1, 0.15) is 142 Å². The Kier molecular flexibility index (Phi) is 25.5. The Bertz CT molecular complexity index is 3770. The zero-order chi connectivity index (χ0) is 73.8. The number of likely N-dealkylation sites (tertiary alicyclic amines) is 1. The van der Waals surface area contributed by atoms with Crippen LogP contribution in [0.2, 0.25) is 18.1 Å². The molecule has 1 unspecified atom stereocenters. The maximum atomic E-state index is 15.1. The van der Waals surface area contributed by atoms with E-state index < -0.39 is 98.5 Å². The van der Waals surface area contributed by atoms with Crippen molar-refractivity contribution in [2.75, 3.05) is 69.8 Å². The molecule has 27 nitrogen and oxygen atoms in total. The summed E-state index contributed by atoms with van der Waals surface area (Å²) >= 11 is 0. The number of methoxy groups -OCH3 is 3. The first-order valence-corrected chi connectivity index (χ1v) is 36.5. The molecule has 7 amide bonds. The molecule has 5 heterocycles. The van der Waals surface area contributed by atoms with Gasteiger partial charge in [-0.15, -0.1) is 0 Å². The normalized spacial score (nSPS) is 18.2. The number of nitrogens with one attached hydrogen (secondary N) is 4. The first-order valence-electron chi connectivity index (χ1n) is 33.6. The fourth-order valence-corrected chi connectivity index (χ4v) is 12.5. The van der Waals surface area contributed by atoms with Gasteiger partial charge in [0, 0.05) is 37.5 Å². The first kappa shape index (κ1) is 77.2. The quantitative estimate of drug-likeness (QED) is 0.0196. The number of carbonyl (C=O) groups excluding carboxylic acids is 8. The van der Waals surface area contributed by atoms with Crippen LogP contribution in [0, 0.1) is 5.92 Å². The minimum absolute atomic E-state index is 0.0159. The predicted molar refractivity (Wildman–Crippen MR) is 378 cm³/mol. The zero-order valence-electron chi connectivity index (χ0n) is 60.3. The molecule has 4 aliphatic heterocycles. The van der Waals surface area contributed by atoms with E-state index in [0.717, 1.165) is 24.0 Å². The Hall–Kier alpha value is -9.51. The Morgan fingerprint density at radius 2 is 1.42 bits per heavy atom. The van der Waals surface area contributed by atoms with Crippen molar-refractivity contribution >= 4 is 73.3 Å². The third-order valence-corrected chi connectivity index (χ3v) is 22.3. The van der Waals surface area contributed by atoms with E-state index in [4.69, 9.17) is 56.8 Å². The van der Waals surface area contributed by atoms with Crippen molar-refractivity contribution in [1.82, 2.24) is 25.4 Å². The van der Waals surface area contributed by atoms with Gasteiger partial charge in [0.15, 0.2) is 43.8 Å². The molecular formula is C73H96N8O19Si. The van der Waals surface area contributed by atoms with Gasteiger partial charge in [-0.05, 0) is 126 Å². The maximum absolute atomic E-state index is 15.1. The maximum Gasteiger partial charge on any atom is 0.417 e. The van der Waals surface area contributed by atoms with Crippen LogP contribution in [0.15, 0.2) is 97.6 Å². The van der Waals surface area contributed by atoms with Gasteiger partial charge in [-0.25, -0.2) is 24.1 Å². The largest absolute Gasteiger partial charge is 0.493 e. The number of esters is 1. The minimum Gasteiger partial charge on any atom is -0.493 e. The molecule has 0 spiro atoms. The summed E-state index contributed by atoms with van der Waals surface area (Å²) in [4.78, 5) is 120. The van der Waals surface area contributed by atoms with Gasteiger partial charge < -0.3 is 77.5 Å². The number of amides is 7. The molecule has 6 atom stereocenters. The van der Waals surface area contributed by atoms with Crippen LogP contribution in [-0.2, 0) is 62.3 Å². The molecule has 4 aromatic rings. The van der Waals surface area contributed by atoms with E-state index in [1.807, 2.05) is 0 Å². The summed E-state index contributed by atoms with van der Waals surface area (Å²) in [7, 11) is 1.74. The monoisotopic (exact) mass is 1420 g/mol. The average molecular weight is 1420 g/mol. The molecule has 0 aliphatic carbocycles. The molecule has 0 bridgehead atoms. The molecule has 3 saturated heterocycles. The lowest BCUT2D eigenvalue weighted by molar-refractivity contribution is -0.195. The van der Waals surface area contributed by atoms with Crippen molar-refractivity contribution in [2.45, 2.75) is 175 Å². The van der Waals surface area contributed by atoms with Crippen molar-refractivity contribution in [1.29, 1.82) is 0 Å². The van der Waals surface area contributed by atoms with Gasteiger partial charge in [0.2, 0.25) is 11.8 Å². The number of carbonyl (C=O) groups is 8. The molecule has 8 rings (SSSR count). The summed E-state index contributed by atoms with van der Waals surface area (Å²) < 4.78 is 65.9. The molecule has 4 N–H and O–H groups in total. The number of pyridine rings is 1. The third kappa shape index (κ3) is 19.7. The summed E-state index contributed by atoms with van der Waals surface area (Å²) in [6.07, 6.45) is 0.161. The Labute approximate surface area is 591 Å². The van der Waals surface area contributed by atoms with Gasteiger partial charge in [0.25, 0.3) is 11.8 Å². The molecule has 546 valence electrons. The molecule has 1 aromatic heterocycles. The van der Waals surface area contributed by atoms with Gasteiger partial charge in [-0.3, -0.25) is 29.5 Å². The van der Waals surface area contributed by atoms with Gasteiger partial charge in [0.1, 0.15) is 44.1 Å². The number of anilines is 3. The molecule has 0 radical (unpaired) electrons. The highest BCUT2D eigenvalue weighted by molar-refractivity contribution is 6.74. The number of hydrogen-bond donors (Lipinski definition) is 4. The van der Waals surface area contributed by atoms with E-state index >= 15 is 4.79 Å². The van der Waals surface area contributed by atoms with Crippen LogP contribution in [0.3, 0.4) is 0 Å². The summed E-state index contributed by atoms with van der Waals surface area (Å²) in [5.74, 6) is -2.70. The molecule has 101 heavy (non-hydrogen) atoms. The summed E-state index contributed by atoms with van der Waals surface area (Å²) in [5, 5.41) is 10.5. The highest BCUT2D eigenvalue weighted by Gasteiger charge is 2.50. The molecule has 0 saturated carbocycles. The van der Waals surface area contributed by atoms with E-state index in [1.165, 1.54) is 75.6 Å². The second kappa shape index (κ2) is 33.3. The second-order valence-electron chi connectivity index (χ2n) is 28.1. The van der Waals surface area contributed by atoms with Crippen LogP contribution in [-0.4, -0.2) is 168 Å². The molecule has 3 aromatic carbocycles. The lowest BCUT2D eigenvalue weighted by atomic mass is 10.0. The highest BCUT2D eigenvalue weighted by Crippen LogP contribution is 2.45. The van der Waals surface area contributed by atoms with Crippen molar-refractivity contribution in [2.24, 2.45) is 5.92 Å². The smallest absolute Gasteiger partial charge is 0.417 e. The van der Waals surface area contributed by atoms with Gasteiger partial charge >= 0.3 is 24.2 Å². The second-order valence-corrected chi connectivity index (χ2v) is 32.9. The Balaban J connectivity index is 1.05. The summed E-state index contributed by atoms with van der Waals surface area (Å²) in [6.45, 7) is 33.0. The fraction of sp³-hybridized carbons (Fsp3) is 0.493. The number of benzene rings is 3. The SMILES string of the molecule is C=CCOC(=O)N[C@H](C(=O)N[C@@H](C)C(=O)Nc1ccc(COC(=O)Nc2cc(OCc3cc(C(=O)OC)cc(COc4cc5c(cc4OC)C(=O)N4CC(=C)C[C@H]4[C@H](OC4CCCCO4)N5C(=O)OC(C)(C)C)n3)c(OC)cc2C(=O)N2CC(=C)C[C@H]2CO[Si](C)(C)C(C)(C)C)cc1)C(C)C. The van der Waals surface area contributed by atoms with Crippen LogP contribution in [0.25, 0.3) is 0 Å². The van der Waals surface area contributed by atoms with Crippen molar-refractivity contribution in [3.63, 3.8) is 0 Å². The van der Waals surface area contributed by atoms with Crippen molar-refractivity contribution in [3.05, 3.63) is 131 Å². The fourth-order valence-electron chi connectivity index (χ4n) is 11.4. The number of rotatable bonds is 26. The number of alkyl carbamates (subject to hydrolysis) is 1. The highest BCUT2D eigenvalue weighted by atomic mass is 28.4. The number of fused-ring (bicyclic) bond motifs is 2. The zero-order valence-corrected chi connectivity index (χ0v) is 61.3. The van der Waals surface area contributed by atoms with Crippen LogP contribution >= 0.6 is 0 Å². The van der Waals surface area contributed by atoms with E-state index in [9.17, 15) is 33.6 Å². The van der Waals surface area contributed by atoms with Gasteiger partial charge in [-0.1, -0.05) is 83.7 Å². The van der Waals surface area contributed by atoms with E-state index in [0.29, 0.717) is 37.1 Å². The Morgan fingerprint density at radius 1 is 0.762 bits per heavy atom. The van der Waals surface area contributed by atoms with Gasteiger partial charge in [0.05, 0.1) is 79.5 Å². The summed E-state index contributed by atoms with van der Waals surface area (Å²) in [5.41, 5.74) is 2.25. The van der Waals surface area contributed by atoms with E-state index in [1.54, 1.807) is 68.7 Å². The molecule has 28 heteroatoms. The third-order valence-electron chi connectivity index (χ3n) is 17.8. The number of hydrogen-bond acceptors (Lipinski definition) is 20. The lowest BCUT2D eigenvalue weighted by Gasteiger charge is -2.39. The topological polar surface area (TPSA) is 309 Å². The molecule has 4 aliphatic rings. The predicted octanol–water partition coefficient (Wildman–Crippen LogP) is 11.4.